The Balaban J connectivity index is 1.56. The van der Waals surface area contributed by atoms with Crippen molar-refractivity contribution in [3.8, 4) is 5.75 Å². The minimum absolute atomic E-state index is 0.137. The lowest BCUT2D eigenvalue weighted by Crippen LogP contribution is -2.35. The number of likely N-dealkylation sites (tertiary alicyclic amines) is 1. The van der Waals surface area contributed by atoms with Gasteiger partial charge in [-0.25, -0.2) is 0 Å². The van der Waals surface area contributed by atoms with Gasteiger partial charge in [0.05, 0.1) is 13.2 Å². The minimum atomic E-state index is 0.137. The topological polar surface area (TPSA) is 63.5 Å². The van der Waals surface area contributed by atoms with E-state index in [9.17, 15) is 4.79 Å². The largest absolute Gasteiger partial charge is 0.497 e. The van der Waals surface area contributed by atoms with Gasteiger partial charge in [0.2, 0.25) is 5.91 Å². The molecule has 2 aromatic rings. The van der Waals surface area contributed by atoms with Crippen LogP contribution >= 0.6 is 0 Å². The number of benzene rings is 1. The van der Waals surface area contributed by atoms with E-state index >= 15 is 0 Å². The van der Waals surface area contributed by atoms with Crippen LogP contribution in [0.1, 0.15) is 49.4 Å². The van der Waals surface area contributed by atoms with E-state index in [1.54, 1.807) is 14.0 Å². The first-order valence-electron chi connectivity index (χ1n) is 10.2. The monoisotopic (exact) mass is 383 g/mol. The van der Waals surface area contributed by atoms with Crippen molar-refractivity contribution in [2.24, 2.45) is 0 Å². The van der Waals surface area contributed by atoms with Crippen LogP contribution in [0, 0.1) is 0 Å². The molecule has 4 rings (SSSR count). The summed E-state index contributed by atoms with van der Waals surface area (Å²) in [5, 5.41) is 9.08. The van der Waals surface area contributed by atoms with Crippen molar-refractivity contribution in [1.29, 1.82) is 0 Å². The molecule has 0 spiro atoms. The lowest BCUT2D eigenvalue weighted by molar-refractivity contribution is -0.128. The second-order valence-corrected chi connectivity index (χ2v) is 7.72. The molecule has 1 fully saturated rings. The Hall–Kier alpha value is -2.41. The summed E-state index contributed by atoms with van der Waals surface area (Å²) in [5.41, 5.74) is 1.25. The van der Waals surface area contributed by atoms with Crippen molar-refractivity contribution in [2.75, 3.05) is 26.7 Å². The van der Waals surface area contributed by atoms with Gasteiger partial charge in [-0.3, -0.25) is 9.69 Å². The van der Waals surface area contributed by atoms with Gasteiger partial charge in [-0.1, -0.05) is 18.6 Å². The normalized spacial score (nSPS) is 20.5. The molecule has 1 aromatic heterocycles. The lowest BCUT2D eigenvalue weighted by Gasteiger charge is -2.35. The average molecular weight is 383 g/mol. The van der Waals surface area contributed by atoms with Gasteiger partial charge >= 0.3 is 0 Å². The van der Waals surface area contributed by atoms with Gasteiger partial charge in [0, 0.05) is 39.5 Å². The fraction of sp³-hybridized carbons (Fsp3) is 0.571. The van der Waals surface area contributed by atoms with Crippen LogP contribution < -0.4 is 4.74 Å². The van der Waals surface area contributed by atoms with E-state index < -0.39 is 0 Å². The Morgan fingerprint density at radius 1 is 1.18 bits per heavy atom. The molecule has 7 nitrogen and oxygen atoms in total. The molecule has 0 saturated carbocycles. The van der Waals surface area contributed by atoms with E-state index in [0.717, 1.165) is 63.0 Å². The van der Waals surface area contributed by atoms with E-state index in [1.807, 2.05) is 17.0 Å². The molecular weight excluding hydrogens is 354 g/mol. The summed E-state index contributed by atoms with van der Waals surface area (Å²) < 4.78 is 7.64. The maximum atomic E-state index is 11.8. The van der Waals surface area contributed by atoms with Crippen LogP contribution in [0.5, 0.6) is 5.75 Å². The van der Waals surface area contributed by atoms with Crippen LogP contribution in [-0.4, -0.2) is 57.2 Å². The zero-order valence-corrected chi connectivity index (χ0v) is 16.8. The molecular formula is C21H29N5O2. The number of methoxy groups -OCH3 is 1. The van der Waals surface area contributed by atoms with Crippen molar-refractivity contribution in [3.63, 3.8) is 0 Å². The van der Waals surface area contributed by atoms with Gasteiger partial charge in [-0.2, -0.15) is 0 Å². The summed E-state index contributed by atoms with van der Waals surface area (Å²) in [6, 6.07) is 8.57. The number of ether oxygens (including phenoxy) is 1. The Labute approximate surface area is 166 Å². The third kappa shape index (κ3) is 3.90. The standard InChI is InChI=1S/C21H29N5O2/c1-16(27)24-11-9-20-22-23-21(26(20)13-12-24)19-8-3-4-10-25(19)15-17-6-5-7-18(14-17)28-2/h5-7,14,19H,3-4,8-13,15H2,1-2H3. The van der Waals surface area contributed by atoms with Crippen molar-refractivity contribution in [2.45, 2.75) is 51.7 Å². The van der Waals surface area contributed by atoms with Gasteiger partial charge in [-0.05, 0) is 37.1 Å². The molecule has 1 atom stereocenters. The van der Waals surface area contributed by atoms with Gasteiger partial charge in [0.25, 0.3) is 0 Å². The molecule has 1 aromatic carbocycles. The van der Waals surface area contributed by atoms with Crippen LogP contribution in [0.2, 0.25) is 0 Å². The van der Waals surface area contributed by atoms with Crippen LogP contribution in [0.15, 0.2) is 24.3 Å². The van der Waals surface area contributed by atoms with Crippen LogP contribution in [0.4, 0.5) is 0 Å². The van der Waals surface area contributed by atoms with E-state index in [2.05, 4.69) is 31.8 Å². The molecule has 150 valence electrons. The Morgan fingerprint density at radius 3 is 2.89 bits per heavy atom. The second kappa shape index (κ2) is 8.31. The number of carbonyl (C=O) groups is 1. The Kier molecular flexibility index (Phi) is 5.62. The summed E-state index contributed by atoms with van der Waals surface area (Å²) in [7, 11) is 1.71. The first-order chi connectivity index (χ1) is 13.7. The molecule has 0 N–H and O–H groups in total. The highest BCUT2D eigenvalue weighted by Gasteiger charge is 2.30. The number of piperidine rings is 1. The first kappa shape index (κ1) is 18.9. The second-order valence-electron chi connectivity index (χ2n) is 7.72. The van der Waals surface area contributed by atoms with Crippen molar-refractivity contribution < 1.29 is 9.53 Å². The predicted octanol–water partition coefficient (Wildman–Crippen LogP) is 2.42. The van der Waals surface area contributed by atoms with Crippen molar-refractivity contribution >= 4 is 5.91 Å². The molecule has 1 amide bonds. The summed E-state index contributed by atoms with van der Waals surface area (Å²) in [4.78, 5) is 16.2. The average Bonchev–Trinajstić information content (AvgIpc) is 2.98. The highest BCUT2D eigenvalue weighted by Crippen LogP contribution is 2.32. The number of rotatable bonds is 4. The number of hydrogen-bond acceptors (Lipinski definition) is 5. The molecule has 2 aliphatic rings. The van der Waals surface area contributed by atoms with Crippen LogP contribution in [0.25, 0.3) is 0 Å². The predicted molar refractivity (Wildman–Crippen MR) is 106 cm³/mol. The Morgan fingerprint density at radius 2 is 2.07 bits per heavy atom. The molecule has 0 radical (unpaired) electrons. The van der Waals surface area contributed by atoms with Crippen LogP contribution in [0.3, 0.4) is 0 Å². The molecule has 3 heterocycles. The SMILES string of the molecule is COc1cccc(CN2CCCCC2c2nnc3n2CCN(C(C)=O)CC3)c1. The van der Waals surface area contributed by atoms with Crippen molar-refractivity contribution in [3.05, 3.63) is 41.5 Å². The maximum Gasteiger partial charge on any atom is 0.219 e. The number of amides is 1. The molecule has 0 aliphatic carbocycles. The highest BCUT2D eigenvalue weighted by atomic mass is 16.5. The zero-order valence-electron chi connectivity index (χ0n) is 16.8. The zero-order chi connectivity index (χ0) is 19.5. The number of carbonyl (C=O) groups excluding carboxylic acids is 1. The van der Waals surface area contributed by atoms with E-state index in [4.69, 9.17) is 4.74 Å². The van der Waals surface area contributed by atoms with Crippen LogP contribution in [-0.2, 0) is 24.3 Å². The quantitative estimate of drug-likeness (QED) is 0.811. The van der Waals surface area contributed by atoms with Crippen molar-refractivity contribution in [1.82, 2.24) is 24.6 Å². The highest BCUT2D eigenvalue weighted by molar-refractivity contribution is 5.73. The number of aromatic nitrogens is 3. The van der Waals surface area contributed by atoms with E-state index in [1.165, 1.54) is 18.4 Å². The molecule has 28 heavy (non-hydrogen) atoms. The summed E-state index contributed by atoms with van der Waals surface area (Å²) in [5.74, 6) is 3.10. The number of nitrogens with zero attached hydrogens (tertiary/aromatic N) is 5. The smallest absolute Gasteiger partial charge is 0.219 e. The van der Waals surface area contributed by atoms with Gasteiger partial charge < -0.3 is 14.2 Å². The van der Waals surface area contributed by atoms with Gasteiger partial charge in [0.1, 0.15) is 17.4 Å². The third-order valence-corrected chi connectivity index (χ3v) is 5.93. The molecule has 2 aliphatic heterocycles. The minimum Gasteiger partial charge on any atom is -0.497 e. The Bertz CT molecular complexity index is 834. The fourth-order valence-electron chi connectivity index (χ4n) is 4.38. The third-order valence-electron chi connectivity index (χ3n) is 5.93. The number of fused-ring (bicyclic) bond motifs is 1. The van der Waals surface area contributed by atoms with Gasteiger partial charge in [0.15, 0.2) is 0 Å². The molecule has 0 bridgehead atoms. The molecule has 1 saturated heterocycles. The fourth-order valence-corrected chi connectivity index (χ4v) is 4.38. The first-order valence-corrected chi connectivity index (χ1v) is 10.2. The summed E-state index contributed by atoms with van der Waals surface area (Å²) in [6.45, 7) is 5.82. The summed E-state index contributed by atoms with van der Waals surface area (Å²) >= 11 is 0. The van der Waals surface area contributed by atoms with Gasteiger partial charge in [-0.15, -0.1) is 10.2 Å². The lowest BCUT2D eigenvalue weighted by atomic mass is 10.00. The van der Waals surface area contributed by atoms with E-state index in [-0.39, 0.29) is 11.9 Å². The van der Waals surface area contributed by atoms with E-state index in [0.29, 0.717) is 0 Å². The summed E-state index contributed by atoms with van der Waals surface area (Å²) in [6.07, 6.45) is 4.29. The number of hydrogen-bond donors (Lipinski definition) is 0. The molecule has 1 unspecified atom stereocenters. The maximum absolute atomic E-state index is 11.8. The molecule has 7 heteroatoms.